The van der Waals surface area contributed by atoms with E-state index in [0.29, 0.717) is 0 Å². The predicted molar refractivity (Wildman–Crippen MR) is 166 cm³/mol. The maximum atomic E-state index is 4.93. The van der Waals surface area contributed by atoms with Crippen molar-refractivity contribution in [3.63, 3.8) is 0 Å². The van der Waals surface area contributed by atoms with Gasteiger partial charge in [0.05, 0.1) is 0 Å². The molecule has 0 spiro atoms. The quantitative estimate of drug-likeness (QED) is 0.178. The fraction of sp³-hybridized carbons (Fsp3) is 0.971. The molecule has 0 saturated heterocycles. The monoisotopic (exact) mass is 681 g/mol. The van der Waals surface area contributed by atoms with Crippen molar-refractivity contribution < 1.29 is 50.3 Å². The minimum absolute atomic E-state index is 0. The smallest absolute Gasteiger partial charge is 0.501 e. The van der Waals surface area contributed by atoms with Crippen LogP contribution in [-0.2, 0) is 50.3 Å². The third-order valence-electron chi connectivity index (χ3n) is 12.8. The Morgan fingerprint density at radius 3 is 0.410 bits per heavy atom. The van der Waals surface area contributed by atoms with E-state index in [4.69, 9.17) is 6.72 Å². The summed E-state index contributed by atoms with van der Waals surface area (Å²) in [6.45, 7) is 46.8. The van der Waals surface area contributed by atoms with Gasteiger partial charge in [-0.15, -0.1) is 0 Å². The van der Waals surface area contributed by atoms with Crippen LogP contribution in [0, 0.1) is 88.8 Å². The van der Waals surface area contributed by atoms with Crippen molar-refractivity contribution in [1.29, 1.82) is 0 Å². The molecule has 0 aromatic heterocycles. The molecule has 0 aromatic carbocycles. The van der Waals surface area contributed by atoms with Crippen molar-refractivity contribution in [2.75, 3.05) is 0 Å². The molecule has 3 aliphatic carbocycles. The first-order valence-corrected chi connectivity index (χ1v) is 15.6. The van der Waals surface area contributed by atoms with Crippen LogP contribution in [0.15, 0.2) is 4.99 Å². The zero-order chi connectivity index (χ0) is 28.9. The van der Waals surface area contributed by atoms with E-state index in [2.05, 4.69) is 109 Å². The third-order valence-corrected chi connectivity index (χ3v) is 12.8. The average Bonchev–Trinajstić information content (AvgIpc) is 3.19. The molecule has 0 unspecified atom stereocenters. The van der Waals surface area contributed by atoms with Gasteiger partial charge in [0.15, 0.2) is 0 Å². The molecule has 0 aliphatic heterocycles. The topological polar surface area (TPSA) is 12.4 Å². The average molecular weight is 682 g/mol. The molecule has 3 radical (unpaired) electrons. The van der Waals surface area contributed by atoms with E-state index in [1.54, 1.807) is 0 Å². The van der Waals surface area contributed by atoms with Crippen molar-refractivity contribution in [3.8, 4) is 0 Å². The predicted octanol–water partition coefficient (Wildman–Crippen LogP) is 10.9. The third kappa shape index (κ3) is 13.2. The second kappa shape index (κ2) is 20.2. The minimum atomic E-state index is -0.0556. The Balaban J connectivity index is -0.000000208. The Kier molecular flexibility index (Phi) is 24.4. The van der Waals surface area contributed by atoms with Gasteiger partial charge in [-0.2, -0.15) is 0 Å². The molecule has 4 heteroatoms. The maximum Gasteiger partial charge on any atom is 2.00 e. The van der Waals surface area contributed by atoms with Crippen LogP contribution in [0.5, 0.6) is 0 Å². The summed E-state index contributed by atoms with van der Waals surface area (Å²) in [5.74, 6) is 14.0. The van der Waals surface area contributed by atoms with Gasteiger partial charge in [-0.1, -0.05) is 104 Å². The van der Waals surface area contributed by atoms with E-state index in [9.17, 15) is 0 Å². The Labute approximate surface area is 279 Å². The zero-order valence-electron chi connectivity index (χ0n) is 29.2. The van der Waals surface area contributed by atoms with Gasteiger partial charge in [-0.05, 0) is 110 Å². The van der Waals surface area contributed by atoms with Crippen molar-refractivity contribution in [1.82, 2.24) is 0 Å². The van der Waals surface area contributed by atoms with Gasteiger partial charge < -0.3 is 11.7 Å². The largest absolute Gasteiger partial charge is 2.00 e. The van der Waals surface area contributed by atoms with Gasteiger partial charge >= 0.3 is 16.8 Å². The Morgan fingerprint density at radius 2 is 0.385 bits per heavy atom. The van der Waals surface area contributed by atoms with E-state index in [0.717, 1.165) is 88.8 Å². The summed E-state index contributed by atoms with van der Waals surface area (Å²) < 4.78 is 0. The first-order valence-electron chi connectivity index (χ1n) is 15.6. The molecular formula is C35H70Co3N+. The summed E-state index contributed by atoms with van der Waals surface area (Å²) >= 11 is 0. The summed E-state index contributed by atoms with van der Waals surface area (Å²) in [7, 11) is 0. The van der Waals surface area contributed by atoms with Gasteiger partial charge in [0.25, 0.3) is 0 Å². The normalized spacial score (nSPS) is 44.4. The first kappa shape index (κ1) is 47.1. The van der Waals surface area contributed by atoms with Crippen molar-refractivity contribution >= 4 is 6.72 Å². The van der Waals surface area contributed by atoms with Crippen LogP contribution in [0.1, 0.15) is 125 Å². The van der Waals surface area contributed by atoms with Gasteiger partial charge in [0.1, 0.15) is 0 Å². The van der Waals surface area contributed by atoms with Gasteiger partial charge in [-0.25, -0.2) is 0 Å². The number of aliphatic imine (C=N–C) groups is 1. The molecule has 0 heterocycles. The van der Waals surface area contributed by atoms with Crippen LogP contribution in [-0.4, -0.2) is 12.3 Å². The van der Waals surface area contributed by atoms with Crippen LogP contribution < -0.4 is 0 Å². The van der Waals surface area contributed by atoms with E-state index in [-0.39, 0.29) is 55.9 Å². The minimum Gasteiger partial charge on any atom is -0.501 e. The maximum absolute atomic E-state index is 4.93. The molecule has 39 heavy (non-hydrogen) atoms. The molecule has 3 saturated carbocycles. The van der Waals surface area contributed by atoms with Crippen molar-refractivity contribution in [3.05, 3.63) is 0 Å². The summed E-state index contributed by atoms with van der Waals surface area (Å²) in [6.07, 6.45) is 0. The number of nitrogens with zero attached hydrogens (tertiary/aromatic N) is 1. The SMILES string of the molecule is CC1C(C)C(C)C(C)C1C.CC1C(C)C(C)C(C)C1C.CC1C(C)C(C)C(C)C1C.[CH-]=NC(C)(C)C.[Co+2].[Co].[Co]. The summed E-state index contributed by atoms with van der Waals surface area (Å²) in [4.78, 5) is 3.52. The van der Waals surface area contributed by atoms with E-state index in [1.807, 2.05) is 20.8 Å². The van der Waals surface area contributed by atoms with E-state index < -0.39 is 0 Å². The number of hydrogen-bond acceptors (Lipinski definition) is 1. The zero-order valence-corrected chi connectivity index (χ0v) is 32.3. The Morgan fingerprint density at radius 1 is 0.333 bits per heavy atom. The second-order valence-electron chi connectivity index (χ2n) is 15.2. The van der Waals surface area contributed by atoms with E-state index >= 15 is 0 Å². The van der Waals surface area contributed by atoms with Crippen molar-refractivity contribution in [2.45, 2.75) is 130 Å². The molecule has 1 nitrogen and oxygen atoms in total. The second-order valence-corrected chi connectivity index (χ2v) is 15.2. The molecule has 0 amide bonds. The fourth-order valence-corrected chi connectivity index (χ4v) is 7.18. The first-order chi connectivity index (χ1) is 16.2. The van der Waals surface area contributed by atoms with Crippen LogP contribution in [0.2, 0.25) is 0 Å². The fourth-order valence-electron chi connectivity index (χ4n) is 7.18. The summed E-state index contributed by atoms with van der Waals surface area (Å²) in [5.41, 5.74) is -0.0556. The molecular weight excluding hydrogens is 611 g/mol. The van der Waals surface area contributed by atoms with Crippen LogP contribution in [0.4, 0.5) is 0 Å². The molecule has 241 valence electrons. The molecule has 3 aliphatic rings. The molecule has 0 bridgehead atoms. The van der Waals surface area contributed by atoms with Gasteiger partial charge in [0.2, 0.25) is 0 Å². The van der Waals surface area contributed by atoms with Crippen LogP contribution >= 0.6 is 0 Å². The molecule has 0 aromatic rings. The molecule has 0 N–H and O–H groups in total. The van der Waals surface area contributed by atoms with Gasteiger partial charge in [0, 0.05) is 39.1 Å². The molecule has 0 atom stereocenters. The Bertz CT molecular complexity index is 426. The van der Waals surface area contributed by atoms with Gasteiger partial charge in [-0.3, -0.25) is 0 Å². The number of hydrogen-bond donors (Lipinski definition) is 0. The standard InChI is InChI=1S/3C10H20.C5H10N.3Co/c3*1-6-7(2)9(4)10(5)8(6)3;1-5(2,3)6-4;;;/h3*6-10H,1-5H3;4H,1-3H3;;;/q;;;-1;;;+2. The van der Waals surface area contributed by atoms with Crippen LogP contribution in [0.25, 0.3) is 0 Å². The summed E-state index contributed by atoms with van der Waals surface area (Å²) in [5, 5.41) is 0. The van der Waals surface area contributed by atoms with E-state index in [1.165, 1.54) is 0 Å². The van der Waals surface area contributed by atoms with Crippen LogP contribution in [0.3, 0.4) is 0 Å². The van der Waals surface area contributed by atoms with Crippen molar-refractivity contribution in [2.24, 2.45) is 93.8 Å². The summed E-state index contributed by atoms with van der Waals surface area (Å²) in [6, 6.07) is 0. The number of rotatable bonds is 0. The molecule has 3 rings (SSSR count). The Hall–Kier alpha value is 1.19. The molecule has 3 fully saturated rings.